The van der Waals surface area contributed by atoms with Crippen LogP contribution in [0.3, 0.4) is 0 Å². The van der Waals surface area contributed by atoms with Crippen LogP contribution in [0.2, 0.25) is 0 Å². The minimum absolute atomic E-state index is 0.193. The molecular formula is C14H32N2S. The molecule has 0 aliphatic heterocycles. The third-order valence-corrected chi connectivity index (χ3v) is 3.99. The molecule has 0 saturated heterocycles. The fraction of sp³-hybridized carbons (Fsp3) is 1.00. The minimum Gasteiger partial charge on any atom is -0.329 e. The molecule has 0 aliphatic carbocycles. The maximum absolute atomic E-state index is 6.13. The van der Waals surface area contributed by atoms with Crippen molar-refractivity contribution in [1.82, 2.24) is 4.90 Å². The van der Waals surface area contributed by atoms with Gasteiger partial charge in [-0.15, -0.1) is 0 Å². The first-order valence-electron chi connectivity index (χ1n) is 6.78. The lowest BCUT2D eigenvalue weighted by atomic mass is 9.80. The van der Waals surface area contributed by atoms with Gasteiger partial charge in [-0.3, -0.25) is 4.90 Å². The van der Waals surface area contributed by atoms with Gasteiger partial charge in [0.25, 0.3) is 0 Å². The maximum Gasteiger partial charge on any atom is 0.0333 e. The number of hydrogen-bond donors (Lipinski definition) is 1. The fourth-order valence-electron chi connectivity index (χ4n) is 2.70. The normalized spacial score (nSPS) is 13.1. The van der Waals surface area contributed by atoms with Gasteiger partial charge in [0.2, 0.25) is 0 Å². The van der Waals surface area contributed by atoms with Crippen molar-refractivity contribution in [1.29, 1.82) is 0 Å². The van der Waals surface area contributed by atoms with Gasteiger partial charge < -0.3 is 5.73 Å². The Bertz CT molecular complexity index is 183. The second-order valence-electron chi connectivity index (χ2n) is 6.04. The lowest BCUT2D eigenvalue weighted by molar-refractivity contribution is 0.0844. The van der Waals surface area contributed by atoms with Crippen LogP contribution in [0.4, 0.5) is 0 Å². The molecule has 0 saturated carbocycles. The number of likely N-dealkylation sites (N-methyl/N-ethyl adjacent to an activating group) is 1. The Morgan fingerprint density at radius 2 is 1.59 bits per heavy atom. The summed E-state index contributed by atoms with van der Waals surface area (Å²) in [7, 11) is 2.24. The highest BCUT2D eigenvalue weighted by atomic mass is 32.2. The Balaban J connectivity index is 4.75. The monoisotopic (exact) mass is 260 g/mol. The summed E-state index contributed by atoms with van der Waals surface area (Å²) in [4.78, 5) is 2.50. The largest absolute Gasteiger partial charge is 0.329 e. The van der Waals surface area contributed by atoms with Crippen LogP contribution in [0.15, 0.2) is 0 Å². The molecule has 3 heteroatoms. The average Bonchev–Trinajstić information content (AvgIpc) is 2.23. The average molecular weight is 260 g/mol. The van der Waals surface area contributed by atoms with Gasteiger partial charge in [0, 0.05) is 24.4 Å². The molecule has 0 atom stereocenters. The lowest BCUT2D eigenvalue weighted by Gasteiger charge is -2.44. The zero-order valence-electron chi connectivity index (χ0n) is 12.6. The standard InChI is InChI=1S/C14H32N2S/c1-12(2)9-14(11-15,10-13(3)4)16(5)7-8-17-6/h12-13H,7-11,15H2,1-6H3. The number of hydrogen-bond acceptors (Lipinski definition) is 3. The number of nitrogens with zero attached hydrogens (tertiary/aromatic N) is 1. The Labute approximate surface area is 113 Å². The summed E-state index contributed by atoms with van der Waals surface area (Å²) in [5, 5.41) is 0. The Kier molecular flexibility index (Phi) is 8.52. The molecule has 104 valence electrons. The van der Waals surface area contributed by atoms with E-state index in [0.717, 1.165) is 13.1 Å². The first-order valence-corrected chi connectivity index (χ1v) is 8.17. The zero-order chi connectivity index (χ0) is 13.5. The van der Waals surface area contributed by atoms with E-state index in [-0.39, 0.29) is 5.54 Å². The molecule has 0 aromatic rings. The van der Waals surface area contributed by atoms with Crippen LogP contribution >= 0.6 is 11.8 Å². The molecule has 0 amide bonds. The van der Waals surface area contributed by atoms with Crippen molar-refractivity contribution in [2.24, 2.45) is 17.6 Å². The van der Waals surface area contributed by atoms with Crippen molar-refractivity contribution in [3.8, 4) is 0 Å². The molecule has 0 aromatic carbocycles. The number of thioether (sulfide) groups is 1. The molecule has 0 aromatic heterocycles. The predicted octanol–water partition coefficient (Wildman–Crippen LogP) is 3.07. The summed E-state index contributed by atoms with van der Waals surface area (Å²) in [5.74, 6) is 2.59. The van der Waals surface area contributed by atoms with Gasteiger partial charge in [0.05, 0.1) is 0 Å². The molecule has 17 heavy (non-hydrogen) atoms. The van der Waals surface area contributed by atoms with E-state index in [1.807, 2.05) is 11.8 Å². The van der Waals surface area contributed by atoms with Crippen LogP contribution in [0, 0.1) is 11.8 Å². The van der Waals surface area contributed by atoms with E-state index >= 15 is 0 Å². The Hall–Kier alpha value is 0.270. The Morgan fingerprint density at radius 3 is 1.88 bits per heavy atom. The first-order chi connectivity index (χ1) is 7.88. The van der Waals surface area contributed by atoms with Crippen LogP contribution in [0.5, 0.6) is 0 Å². The number of nitrogens with two attached hydrogens (primary N) is 1. The number of rotatable bonds is 9. The molecule has 0 rings (SSSR count). The van der Waals surface area contributed by atoms with Gasteiger partial charge in [0.15, 0.2) is 0 Å². The molecule has 0 aliphatic rings. The van der Waals surface area contributed by atoms with Crippen LogP contribution in [-0.4, -0.2) is 42.6 Å². The van der Waals surface area contributed by atoms with Crippen LogP contribution in [0.1, 0.15) is 40.5 Å². The third kappa shape index (κ3) is 6.12. The van der Waals surface area contributed by atoms with E-state index in [1.54, 1.807) is 0 Å². The SMILES string of the molecule is CSCCN(C)C(CN)(CC(C)C)CC(C)C. The molecule has 0 spiro atoms. The lowest BCUT2D eigenvalue weighted by Crippen LogP contribution is -2.54. The molecule has 2 N–H and O–H groups in total. The fourth-order valence-corrected chi connectivity index (χ4v) is 3.16. The first kappa shape index (κ1) is 17.3. The van der Waals surface area contributed by atoms with Gasteiger partial charge in [-0.1, -0.05) is 27.7 Å². The second kappa shape index (κ2) is 8.39. The highest BCUT2D eigenvalue weighted by Gasteiger charge is 2.34. The summed E-state index contributed by atoms with van der Waals surface area (Å²) in [6, 6.07) is 0. The molecule has 0 bridgehead atoms. The van der Waals surface area contributed by atoms with E-state index < -0.39 is 0 Å². The summed E-state index contributed by atoms with van der Waals surface area (Å²) in [6.07, 6.45) is 4.57. The molecule has 0 unspecified atom stereocenters. The summed E-state index contributed by atoms with van der Waals surface area (Å²) >= 11 is 1.91. The highest BCUT2D eigenvalue weighted by molar-refractivity contribution is 7.98. The molecular weight excluding hydrogens is 228 g/mol. The molecule has 0 fully saturated rings. The minimum atomic E-state index is 0.193. The van der Waals surface area contributed by atoms with Crippen molar-refractivity contribution in [3.05, 3.63) is 0 Å². The Morgan fingerprint density at radius 1 is 1.12 bits per heavy atom. The van der Waals surface area contributed by atoms with E-state index in [4.69, 9.17) is 5.73 Å². The van der Waals surface area contributed by atoms with Gasteiger partial charge in [0.1, 0.15) is 0 Å². The summed E-state index contributed by atoms with van der Waals surface area (Å²) < 4.78 is 0. The van der Waals surface area contributed by atoms with Crippen molar-refractivity contribution >= 4 is 11.8 Å². The van der Waals surface area contributed by atoms with E-state index in [1.165, 1.54) is 18.6 Å². The van der Waals surface area contributed by atoms with Gasteiger partial charge >= 0.3 is 0 Å². The van der Waals surface area contributed by atoms with E-state index in [0.29, 0.717) is 11.8 Å². The van der Waals surface area contributed by atoms with Gasteiger partial charge in [-0.25, -0.2) is 0 Å². The van der Waals surface area contributed by atoms with Crippen molar-refractivity contribution in [2.45, 2.75) is 46.1 Å². The van der Waals surface area contributed by atoms with Crippen molar-refractivity contribution in [2.75, 3.05) is 32.1 Å². The van der Waals surface area contributed by atoms with Crippen LogP contribution in [-0.2, 0) is 0 Å². The topological polar surface area (TPSA) is 29.3 Å². The molecule has 2 nitrogen and oxygen atoms in total. The summed E-state index contributed by atoms with van der Waals surface area (Å²) in [5.41, 5.74) is 6.32. The van der Waals surface area contributed by atoms with Crippen molar-refractivity contribution < 1.29 is 0 Å². The van der Waals surface area contributed by atoms with Crippen LogP contribution < -0.4 is 5.73 Å². The molecule has 0 radical (unpaired) electrons. The highest BCUT2D eigenvalue weighted by Crippen LogP contribution is 2.29. The van der Waals surface area contributed by atoms with Crippen LogP contribution in [0.25, 0.3) is 0 Å². The second-order valence-corrected chi connectivity index (χ2v) is 7.02. The maximum atomic E-state index is 6.13. The van der Waals surface area contributed by atoms with E-state index in [9.17, 15) is 0 Å². The van der Waals surface area contributed by atoms with Gasteiger partial charge in [-0.2, -0.15) is 11.8 Å². The van der Waals surface area contributed by atoms with E-state index in [2.05, 4.69) is 45.9 Å². The summed E-state index contributed by atoms with van der Waals surface area (Å²) in [6.45, 7) is 11.1. The predicted molar refractivity (Wildman–Crippen MR) is 81.7 cm³/mol. The smallest absolute Gasteiger partial charge is 0.0333 e. The quantitative estimate of drug-likeness (QED) is 0.691. The zero-order valence-corrected chi connectivity index (χ0v) is 13.4. The third-order valence-electron chi connectivity index (χ3n) is 3.40. The van der Waals surface area contributed by atoms with Crippen molar-refractivity contribution in [3.63, 3.8) is 0 Å². The van der Waals surface area contributed by atoms with Gasteiger partial charge in [-0.05, 0) is 38.0 Å². The molecule has 0 heterocycles.